The largest absolute Gasteiger partial charge is 0.291 e. The molecule has 2 aromatic heterocycles. The average Bonchev–Trinajstić information content (AvgIpc) is 2.95. The van der Waals surface area contributed by atoms with E-state index >= 15 is 0 Å². The molecule has 4 rings (SSSR count). The molecule has 0 aliphatic rings. The van der Waals surface area contributed by atoms with Crippen LogP contribution in [-0.2, 0) is 0 Å². The second kappa shape index (κ2) is 5.39. The van der Waals surface area contributed by atoms with Gasteiger partial charge in [0.25, 0.3) is 0 Å². The SMILES string of the molecule is Brc1ccccc1-n1c(-c2ccncc2)nc2ccccc21. The number of hydrogen-bond donors (Lipinski definition) is 0. The number of pyridine rings is 1. The van der Waals surface area contributed by atoms with Crippen LogP contribution in [0.1, 0.15) is 0 Å². The highest BCUT2D eigenvalue weighted by atomic mass is 79.9. The van der Waals surface area contributed by atoms with Crippen LogP contribution in [0.15, 0.2) is 77.5 Å². The molecule has 4 aromatic rings. The first kappa shape index (κ1) is 13.2. The normalized spacial score (nSPS) is 11.0. The van der Waals surface area contributed by atoms with Crippen LogP contribution in [0, 0.1) is 0 Å². The van der Waals surface area contributed by atoms with E-state index in [9.17, 15) is 0 Å². The molecule has 2 heterocycles. The summed E-state index contributed by atoms with van der Waals surface area (Å²) in [6.45, 7) is 0. The van der Waals surface area contributed by atoms with Gasteiger partial charge in [0.05, 0.1) is 16.7 Å². The summed E-state index contributed by atoms with van der Waals surface area (Å²) in [5.41, 5.74) is 4.18. The number of nitrogens with zero attached hydrogens (tertiary/aromatic N) is 3. The van der Waals surface area contributed by atoms with Crippen molar-refractivity contribution in [2.24, 2.45) is 0 Å². The first-order chi connectivity index (χ1) is 10.8. The van der Waals surface area contributed by atoms with Crippen LogP contribution in [0.4, 0.5) is 0 Å². The molecule has 4 heteroatoms. The Bertz CT molecular complexity index is 945. The summed E-state index contributed by atoms with van der Waals surface area (Å²) in [6, 6.07) is 20.3. The maximum absolute atomic E-state index is 4.81. The highest BCUT2D eigenvalue weighted by molar-refractivity contribution is 9.10. The molecule has 2 aromatic carbocycles. The number of para-hydroxylation sites is 3. The molecule has 0 amide bonds. The highest BCUT2D eigenvalue weighted by Crippen LogP contribution is 2.31. The van der Waals surface area contributed by atoms with Crippen molar-refractivity contribution in [1.82, 2.24) is 14.5 Å². The van der Waals surface area contributed by atoms with E-state index in [1.807, 2.05) is 48.5 Å². The lowest BCUT2D eigenvalue weighted by molar-refractivity contribution is 1.09. The van der Waals surface area contributed by atoms with Gasteiger partial charge in [-0.25, -0.2) is 4.98 Å². The molecule has 106 valence electrons. The molecule has 0 aliphatic carbocycles. The Morgan fingerprint density at radius 2 is 1.55 bits per heavy atom. The summed E-state index contributed by atoms with van der Waals surface area (Å²) in [4.78, 5) is 8.91. The van der Waals surface area contributed by atoms with Gasteiger partial charge in [0.2, 0.25) is 0 Å². The predicted molar refractivity (Wildman–Crippen MR) is 92.0 cm³/mol. The van der Waals surface area contributed by atoms with Crippen LogP contribution in [0.5, 0.6) is 0 Å². The van der Waals surface area contributed by atoms with Crippen LogP contribution in [0.2, 0.25) is 0 Å². The molecule has 0 unspecified atom stereocenters. The molecule has 0 atom stereocenters. The fraction of sp³-hybridized carbons (Fsp3) is 0. The van der Waals surface area contributed by atoms with E-state index in [0.29, 0.717) is 0 Å². The predicted octanol–water partition coefficient (Wildman–Crippen LogP) is 4.85. The first-order valence-corrected chi connectivity index (χ1v) is 7.77. The average molecular weight is 350 g/mol. The molecule has 0 N–H and O–H groups in total. The summed E-state index contributed by atoms with van der Waals surface area (Å²) in [7, 11) is 0. The Labute approximate surface area is 136 Å². The van der Waals surface area contributed by atoms with Crippen LogP contribution in [0.3, 0.4) is 0 Å². The van der Waals surface area contributed by atoms with Crippen molar-refractivity contribution < 1.29 is 0 Å². The van der Waals surface area contributed by atoms with Crippen molar-refractivity contribution in [1.29, 1.82) is 0 Å². The Morgan fingerprint density at radius 1 is 0.818 bits per heavy atom. The lowest BCUT2D eigenvalue weighted by Gasteiger charge is -2.11. The van der Waals surface area contributed by atoms with E-state index in [1.165, 1.54) is 0 Å². The van der Waals surface area contributed by atoms with Crippen molar-refractivity contribution in [3.05, 3.63) is 77.5 Å². The van der Waals surface area contributed by atoms with Gasteiger partial charge in [0, 0.05) is 22.4 Å². The fourth-order valence-electron chi connectivity index (χ4n) is 2.60. The molecule has 0 bridgehead atoms. The Kier molecular flexibility index (Phi) is 3.24. The molecule has 0 spiro atoms. The van der Waals surface area contributed by atoms with Crippen LogP contribution < -0.4 is 0 Å². The van der Waals surface area contributed by atoms with E-state index < -0.39 is 0 Å². The quantitative estimate of drug-likeness (QED) is 0.517. The molecule has 0 aliphatic heterocycles. The monoisotopic (exact) mass is 349 g/mol. The molecule has 22 heavy (non-hydrogen) atoms. The van der Waals surface area contributed by atoms with E-state index in [-0.39, 0.29) is 0 Å². The molecule has 0 radical (unpaired) electrons. The number of benzene rings is 2. The van der Waals surface area contributed by atoms with E-state index in [4.69, 9.17) is 4.98 Å². The number of imidazole rings is 1. The van der Waals surface area contributed by atoms with Gasteiger partial charge in [-0.1, -0.05) is 24.3 Å². The Hall–Kier alpha value is -2.46. The Morgan fingerprint density at radius 3 is 2.36 bits per heavy atom. The summed E-state index contributed by atoms with van der Waals surface area (Å²) in [5.74, 6) is 0.913. The maximum Gasteiger partial charge on any atom is 0.145 e. The first-order valence-electron chi connectivity index (χ1n) is 6.97. The zero-order chi connectivity index (χ0) is 14.9. The smallest absolute Gasteiger partial charge is 0.145 e. The van der Waals surface area contributed by atoms with Crippen LogP contribution in [-0.4, -0.2) is 14.5 Å². The second-order valence-corrected chi connectivity index (χ2v) is 5.80. The zero-order valence-corrected chi connectivity index (χ0v) is 13.2. The number of halogens is 1. The van der Waals surface area contributed by atoms with E-state index in [1.54, 1.807) is 12.4 Å². The minimum Gasteiger partial charge on any atom is -0.291 e. The van der Waals surface area contributed by atoms with E-state index in [2.05, 4.69) is 37.6 Å². The summed E-state index contributed by atoms with van der Waals surface area (Å²) < 4.78 is 3.21. The van der Waals surface area contributed by atoms with Gasteiger partial charge in [-0.3, -0.25) is 9.55 Å². The summed E-state index contributed by atoms with van der Waals surface area (Å²) >= 11 is 3.65. The van der Waals surface area contributed by atoms with Gasteiger partial charge in [0.1, 0.15) is 5.82 Å². The molecule has 0 saturated carbocycles. The topological polar surface area (TPSA) is 30.7 Å². The lowest BCUT2D eigenvalue weighted by Crippen LogP contribution is -1.98. The summed E-state index contributed by atoms with van der Waals surface area (Å²) in [5, 5.41) is 0. The third-order valence-electron chi connectivity index (χ3n) is 3.59. The third-order valence-corrected chi connectivity index (χ3v) is 4.26. The van der Waals surface area contributed by atoms with Gasteiger partial charge in [-0.2, -0.15) is 0 Å². The van der Waals surface area contributed by atoms with E-state index in [0.717, 1.165) is 32.6 Å². The minimum absolute atomic E-state index is 0.913. The van der Waals surface area contributed by atoms with Crippen molar-refractivity contribution in [2.45, 2.75) is 0 Å². The lowest BCUT2D eigenvalue weighted by atomic mass is 10.2. The maximum atomic E-state index is 4.81. The minimum atomic E-state index is 0.913. The van der Waals surface area contributed by atoms with Gasteiger partial charge in [0.15, 0.2) is 0 Å². The Balaban J connectivity index is 2.10. The molecule has 0 saturated heterocycles. The molecular formula is C18H12BrN3. The number of aromatic nitrogens is 3. The van der Waals surface area contributed by atoms with Crippen LogP contribution in [0.25, 0.3) is 28.1 Å². The second-order valence-electron chi connectivity index (χ2n) is 4.95. The third kappa shape index (κ3) is 2.12. The molecular weight excluding hydrogens is 338 g/mol. The molecule has 3 nitrogen and oxygen atoms in total. The zero-order valence-electron chi connectivity index (χ0n) is 11.6. The van der Waals surface area contributed by atoms with Gasteiger partial charge >= 0.3 is 0 Å². The van der Waals surface area contributed by atoms with Crippen molar-refractivity contribution in [3.63, 3.8) is 0 Å². The number of rotatable bonds is 2. The van der Waals surface area contributed by atoms with Gasteiger partial charge in [-0.15, -0.1) is 0 Å². The number of hydrogen-bond acceptors (Lipinski definition) is 2. The standard InChI is InChI=1S/C18H12BrN3/c19-14-5-1-3-7-16(14)22-17-8-4-2-6-15(17)21-18(22)13-9-11-20-12-10-13/h1-12H. The van der Waals surface area contributed by atoms with Crippen molar-refractivity contribution >= 4 is 27.0 Å². The number of fused-ring (bicyclic) bond motifs is 1. The van der Waals surface area contributed by atoms with Crippen LogP contribution >= 0.6 is 15.9 Å². The van der Waals surface area contributed by atoms with Gasteiger partial charge in [-0.05, 0) is 52.3 Å². The summed E-state index contributed by atoms with van der Waals surface area (Å²) in [6.07, 6.45) is 3.58. The highest BCUT2D eigenvalue weighted by Gasteiger charge is 2.15. The molecule has 0 fully saturated rings. The fourth-order valence-corrected chi connectivity index (χ4v) is 3.06. The van der Waals surface area contributed by atoms with Gasteiger partial charge < -0.3 is 0 Å². The van der Waals surface area contributed by atoms with Crippen molar-refractivity contribution in [2.75, 3.05) is 0 Å². The van der Waals surface area contributed by atoms with Crippen molar-refractivity contribution in [3.8, 4) is 17.1 Å².